The van der Waals surface area contributed by atoms with Crippen LogP contribution in [-0.4, -0.2) is 59.4 Å². The summed E-state index contributed by atoms with van der Waals surface area (Å²) in [7, 11) is 0. The molecular weight excluding hydrogens is 460 g/mol. The second-order valence-electron chi connectivity index (χ2n) is 7.77. The van der Waals surface area contributed by atoms with Crippen molar-refractivity contribution < 1.29 is 14.3 Å². The van der Waals surface area contributed by atoms with E-state index in [0.29, 0.717) is 21.6 Å². The van der Waals surface area contributed by atoms with Crippen LogP contribution in [0, 0.1) is 6.92 Å². The highest BCUT2D eigenvalue weighted by Gasteiger charge is 2.19. The van der Waals surface area contributed by atoms with Crippen molar-refractivity contribution in [3.05, 3.63) is 59.2 Å². The number of hydrogen-bond donors (Lipinski definition) is 1. The highest BCUT2D eigenvalue weighted by atomic mass is 32.2. The summed E-state index contributed by atoms with van der Waals surface area (Å²) in [5.74, 6) is 4.92. The van der Waals surface area contributed by atoms with Gasteiger partial charge in [-0.25, -0.2) is 0 Å². The summed E-state index contributed by atoms with van der Waals surface area (Å²) in [4.78, 5) is 27.0. The van der Waals surface area contributed by atoms with Crippen molar-refractivity contribution >= 4 is 52.8 Å². The summed E-state index contributed by atoms with van der Waals surface area (Å²) in [5.41, 5.74) is 3.52. The molecule has 1 N–H and O–H groups in total. The minimum Gasteiger partial charge on any atom is -0.484 e. The first-order valence-electron chi connectivity index (χ1n) is 10.8. The van der Waals surface area contributed by atoms with Crippen LogP contribution in [0.4, 0.5) is 5.69 Å². The molecule has 0 aromatic heterocycles. The van der Waals surface area contributed by atoms with E-state index in [4.69, 9.17) is 4.74 Å². The molecule has 8 heteroatoms. The predicted octanol–water partition coefficient (Wildman–Crippen LogP) is 5.07. The smallest absolute Gasteiger partial charge is 0.262 e. The van der Waals surface area contributed by atoms with Gasteiger partial charge in [0.15, 0.2) is 6.61 Å². The molecule has 170 valence electrons. The topological polar surface area (TPSA) is 58.6 Å². The van der Waals surface area contributed by atoms with Gasteiger partial charge < -0.3 is 15.0 Å². The van der Waals surface area contributed by atoms with Gasteiger partial charge in [0.2, 0.25) is 0 Å². The molecule has 0 spiro atoms. The van der Waals surface area contributed by atoms with Crippen molar-refractivity contribution in [1.29, 1.82) is 0 Å². The van der Waals surface area contributed by atoms with Gasteiger partial charge in [-0.3, -0.25) is 9.59 Å². The quantitative estimate of drug-likeness (QED) is 0.613. The zero-order chi connectivity index (χ0) is 22.3. The number of nitrogens with zero attached hydrogens (tertiary/aromatic N) is 1. The van der Waals surface area contributed by atoms with Gasteiger partial charge in [0.25, 0.3) is 11.8 Å². The highest BCUT2D eigenvalue weighted by molar-refractivity contribution is 8.16. The lowest BCUT2D eigenvalue weighted by atomic mass is 10.1. The van der Waals surface area contributed by atoms with Gasteiger partial charge in [-0.05, 0) is 66.3 Å². The van der Waals surface area contributed by atoms with Gasteiger partial charge in [0.1, 0.15) is 5.75 Å². The normalized spacial score (nSPS) is 17.1. The SMILES string of the molecule is Cc1cc(C(=O)N2CCSCC2)ccc1NC(=O)COc1ccc(C2SCCCS2)cc1. The number of amides is 2. The molecule has 2 aromatic carbocycles. The van der Waals surface area contributed by atoms with Crippen LogP contribution in [-0.2, 0) is 4.79 Å². The van der Waals surface area contributed by atoms with Crippen LogP contribution in [0.3, 0.4) is 0 Å². The molecular formula is C24H28N2O3S3. The van der Waals surface area contributed by atoms with Gasteiger partial charge in [-0.1, -0.05) is 12.1 Å². The molecule has 0 aliphatic carbocycles. The maximum atomic E-state index is 12.7. The fraction of sp³-hybridized carbons (Fsp3) is 0.417. The highest BCUT2D eigenvalue weighted by Crippen LogP contribution is 2.43. The molecule has 32 heavy (non-hydrogen) atoms. The van der Waals surface area contributed by atoms with E-state index < -0.39 is 0 Å². The Morgan fingerprint density at radius 3 is 2.44 bits per heavy atom. The van der Waals surface area contributed by atoms with Crippen molar-refractivity contribution in [2.75, 3.05) is 48.0 Å². The summed E-state index contributed by atoms with van der Waals surface area (Å²) < 4.78 is 6.17. The molecule has 2 aromatic rings. The summed E-state index contributed by atoms with van der Waals surface area (Å²) in [6.45, 7) is 3.42. The molecule has 2 amide bonds. The van der Waals surface area contributed by atoms with Crippen LogP contribution in [0.25, 0.3) is 0 Å². The standard InChI is InChI=1S/C24H28N2O3S3/c1-17-15-19(23(28)26-9-13-30-14-10-26)5-8-21(17)25-22(27)16-29-20-6-3-18(4-7-20)24-31-11-2-12-32-24/h3-8,15,24H,2,9-14,16H2,1H3,(H,25,27). The van der Waals surface area contributed by atoms with Gasteiger partial charge >= 0.3 is 0 Å². The third-order valence-corrected chi connectivity index (χ3v) is 9.35. The molecule has 2 heterocycles. The van der Waals surface area contributed by atoms with Crippen molar-refractivity contribution in [2.45, 2.75) is 17.9 Å². The number of nitrogens with one attached hydrogen (secondary N) is 1. The van der Waals surface area contributed by atoms with Crippen LogP contribution >= 0.6 is 35.3 Å². The first-order valence-corrected chi connectivity index (χ1v) is 14.1. The van der Waals surface area contributed by atoms with Crippen LogP contribution in [0.15, 0.2) is 42.5 Å². The van der Waals surface area contributed by atoms with Crippen LogP contribution in [0.5, 0.6) is 5.75 Å². The molecule has 2 aliphatic rings. The Labute approximate surface area is 202 Å². The molecule has 2 saturated heterocycles. The second kappa shape index (κ2) is 11.4. The monoisotopic (exact) mass is 488 g/mol. The van der Waals surface area contributed by atoms with E-state index in [1.54, 1.807) is 12.1 Å². The first kappa shape index (κ1) is 23.4. The van der Waals surface area contributed by atoms with E-state index in [1.807, 2.05) is 65.3 Å². The maximum Gasteiger partial charge on any atom is 0.262 e. The number of thioether (sulfide) groups is 3. The van der Waals surface area contributed by atoms with Gasteiger partial charge in [-0.2, -0.15) is 11.8 Å². The average molecular weight is 489 g/mol. The van der Waals surface area contributed by atoms with Crippen molar-refractivity contribution in [1.82, 2.24) is 4.90 Å². The maximum absolute atomic E-state index is 12.7. The number of rotatable bonds is 6. The van der Waals surface area contributed by atoms with Crippen LogP contribution < -0.4 is 10.1 Å². The summed E-state index contributed by atoms with van der Waals surface area (Å²) in [5, 5.41) is 2.89. The molecule has 0 bridgehead atoms. The number of hydrogen-bond acceptors (Lipinski definition) is 6. The Hall–Kier alpha value is -1.77. The van der Waals surface area contributed by atoms with E-state index in [9.17, 15) is 9.59 Å². The average Bonchev–Trinajstić information content (AvgIpc) is 2.85. The Morgan fingerprint density at radius 1 is 1.03 bits per heavy atom. The molecule has 0 unspecified atom stereocenters. The lowest BCUT2D eigenvalue weighted by Gasteiger charge is -2.26. The summed E-state index contributed by atoms with van der Waals surface area (Å²) >= 11 is 5.85. The third-order valence-electron chi connectivity index (χ3n) is 5.40. The molecule has 5 nitrogen and oxygen atoms in total. The van der Waals surface area contributed by atoms with E-state index in [0.717, 1.165) is 30.2 Å². The lowest BCUT2D eigenvalue weighted by molar-refractivity contribution is -0.118. The number of carbonyl (C=O) groups excluding carboxylic acids is 2. The van der Waals surface area contributed by atoms with Gasteiger partial charge in [-0.15, -0.1) is 23.5 Å². The Balaban J connectivity index is 1.28. The van der Waals surface area contributed by atoms with Crippen LogP contribution in [0.1, 0.15) is 32.5 Å². The minimum atomic E-state index is -0.220. The largest absolute Gasteiger partial charge is 0.484 e. The number of benzene rings is 2. The number of carbonyl (C=O) groups is 2. The van der Waals surface area contributed by atoms with Crippen molar-refractivity contribution in [2.24, 2.45) is 0 Å². The third kappa shape index (κ3) is 6.17. The van der Waals surface area contributed by atoms with Crippen LogP contribution in [0.2, 0.25) is 0 Å². The minimum absolute atomic E-state index is 0.0577. The second-order valence-corrected chi connectivity index (χ2v) is 11.7. The van der Waals surface area contributed by atoms with E-state index in [2.05, 4.69) is 17.4 Å². The van der Waals surface area contributed by atoms with Gasteiger partial charge in [0, 0.05) is 35.8 Å². The molecule has 0 atom stereocenters. The van der Waals surface area contributed by atoms with Gasteiger partial charge in [0.05, 0.1) is 4.58 Å². The fourth-order valence-electron chi connectivity index (χ4n) is 3.62. The number of anilines is 1. The zero-order valence-electron chi connectivity index (χ0n) is 18.2. The summed E-state index contributed by atoms with van der Waals surface area (Å²) in [6, 6.07) is 13.5. The molecule has 2 aliphatic heterocycles. The molecule has 0 saturated carbocycles. The fourth-order valence-corrected chi connectivity index (χ4v) is 7.42. The Morgan fingerprint density at radius 2 is 1.75 bits per heavy atom. The molecule has 4 rings (SSSR count). The van der Waals surface area contributed by atoms with E-state index >= 15 is 0 Å². The zero-order valence-corrected chi connectivity index (χ0v) is 20.6. The predicted molar refractivity (Wildman–Crippen MR) is 137 cm³/mol. The summed E-state index contributed by atoms with van der Waals surface area (Å²) in [6.07, 6.45) is 1.28. The molecule has 2 fully saturated rings. The Bertz CT molecular complexity index is 940. The number of aryl methyl sites for hydroxylation is 1. The molecule has 0 radical (unpaired) electrons. The Kier molecular flexibility index (Phi) is 8.32. The first-order chi connectivity index (χ1) is 15.6. The lowest BCUT2D eigenvalue weighted by Crippen LogP contribution is -2.37. The van der Waals surface area contributed by atoms with Crippen molar-refractivity contribution in [3.63, 3.8) is 0 Å². The van der Waals surface area contributed by atoms with E-state index in [1.165, 1.54) is 23.5 Å². The van der Waals surface area contributed by atoms with Crippen molar-refractivity contribution in [3.8, 4) is 5.75 Å². The van der Waals surface area contributed by atoms with E-state index in [-0.39, 0.29) is 18.4 Å². The number of ether oxygens (including phenoxy) is 1.